The Morgan fingerprint density at radius 2 is 1.56 bits per heavy atom. The van der Waals surface area contributed by atoms with Crippen molar-refractivity contribution in [3.05, 3.63) is 83.1 Å². The predicted octanol–water partition coefficient (Wildman–Crippen LogP) is 5.28. The van der Waals surface area contributed by atoms with Crippen molar-refractivity contribution in [2.24, 2.45) is 5.92 Å². The van der Waals surface area contributed by atoms with Crippen molar-refractivity contribution in [3.8, 4) is 0 Å². The number of hydrogen-bond donors (Lipinski definition) is 0. The zero-order valence-electron chi connectivity index (χ0n) is 16.0. The molecule has 1 aliphatic rings. The van der Waals surface area contributed by atoms with Crippen LogP contribution in [0.1, 0.15) is 39.2 Å². The summed E-state index contributed by atoms with van der Waals surface area (Å²) in [6.45, 7) is 9.44. The molecule has 0 fully saturated rings. The van der Waals surface area contributed by atoms with Gasteiger partial charge in [0.25, 0.3) is 0 Å². The summed E-state index contributed by atoms with van der Waals surface area (Å²) < 4.78 is 0. The molecule has 2 aromatic rings. The predicted molar refractivity (Wildman–Crippen MR) is 113 cm³/mol. The minimum atomic E-state index is -1.93. The van der Waals surface area contributed by atoms with Gasteiger partial charge in [-0.15, -0.1) is 0 Å². The lowest BCUT2D eigenvalue weighted by Gasteiger charge is -2.34. The first kappa shape index (κ1) is 17.9. The maximum Gasteiger partial charge on any atom is 0.142 e. The van der Waals surface area contributed by atoms with E-state index in [1.165, 1.54) is 40.8 Å². The fraction of sp³-hybridized carbons (Fsp3) is 0.333. The molecule has 2 unspecified atom stereocenters. The number of hydrogen-bond acceptors (Lipinski definition) is 0. The third-order valence-corrected chi connectivity index (χ3v) is 10.7. The molecule has 1 heteroatoms. The van der Waals surface area contributed by atoms with E-state index in [2.05, 4.69) is 94.1 Å². The lowest BCUT2D eigenvalue weighted by molar-refractivity contribution is 0.795. The van der Waals surface area contributed by atoms with Gasteiger partial charge in [0, 0.05) is 0 Å². The van der Waals surface area contributed by atoms with Crippen LogP contribution in [0, 0.1) is 5.92 Å². The fourth-order valence-electron chi connectivity index (χ4n) is 4.32. The molecular weight excluding hydrogens is 316 g/mol. The molecule has 0 aromatic heterocycles. The highest BCUT2D eigenvalue weighted by Gasteiger charge is 2.39. The maximum absolute atomic E-state index is 2.53. The Morgan fingerprint density at radius 3 is 2.12 bits per heavy atom. The monoisotopic (exact) mass is 346 g/mol. The second kappa shape index (κ2) is 7.57. The van der Waals surface area contributed by atoms with E-state index in [9.17, 15) is 0 Å². The van der Waals surface area contributed by atoms with Crippen LogP contribution in [0.2, 0.25) is 6.55 Å². The van der Waals surface area contributed by atoms with Crippen molar-refractivity contribution in [2.45, 2.75) is 46.6 Å². The van der Waals surface area contributed by atoms with Crippen LogP contribution in [0.15, 0.2) is 77.5 Å². The van der Waals surface area contributed by atoms with Crippen molar-refractivity contribution in [2.75, 3.05) is 0 Å². The Hall–Kier alpha value is -1.86. The quantitative estimate of drug-likeness (QED) is 0.624. The van der Waals surface area contributed by atoms with Crippen LogP contribution in [0.3, 0.4) is 0 Å². The normalized spacial score (nSPS) is 19.3. The van der Waals surface area contributed by atoms with Gasteiger partial charge < -0.3 is 0 Å². The SMILES string of the molecule is CCCCc1ccc([Si](C)(C2=C(C)C=CC2C)c2ccccc2)cc1. The van der Waals surface area contributed by atoms with Crippen LogP contribution in [0.5, 0.6) is 0 Å². The number of unbranched alkanes of at least 4 members (excludes halogenated alkanes) is 1. The highest BCUT2D eigenvalue weighted by atomic mass is 28.3. The Kier molecular flexibility index (Phi) is 5.44. The van der Waals surface area contributed by atoms with Crippen LogP contribution in [-0.4, -0.2) is 8.07 Å². The minimum absolute atomic E-state index is 0.539. The summed E-state index contributed by atoms with van der Waals surface area (Å²) in [7, 11) is -1.93. The van der Waals surface area contributed by atoms with E-state index in [1.807, 2.05) is 0 Å². The van der Waals surface area contributed by atoms with Crippen molar-refractivity contribution < 1.29 is 0 Å². The zero-order chi connectivity index (χ0) is 17.9. The molecular formula is C24H30Si. The summed E-state index contributed by atoms with van der Waals surface area (Å²) in [5.74, 6) is 0.539. The lowest BCUT2D eigenvalue weighted by atomic mass is 10.1. The van der Waals surface area contributed by atoms with Gasteiger partial charge in [-0.3, -0.25) is 0 Å². The highest BCUT2D eigenvalue weighted by Crippen LogP contribution is 2.32. The molecule has 0 bridgehead atoms. The molecule has 2 atom stereocenters. The van der Waals surface area contributed by atoms with Gasteiger partial charge in [0.1, 0.15) is 8.07 Å². The standard InChI is InChI=1S/C24H30Si/c1-5-6-10-21-15-17-23(18-16-21)25(4,22-11-8-7-9-12-22)24-19(2)13-14-20(24)3/h7-9,11-19H,5-6,10H2,1-4H3. The first-order chi connectivity index (χ1) is 12.1. The second-order valence-corrected chi connectivity index (χ2v) is 11.5. The van der Waals surface area contributed by atoms with Gasteiger partial charge in [0.2, 0.25) is 0 Å². The van der Waals surface area contributed by atoms with Gasteiger partial charge in [0.15, 0.2) is 0 Å². The van der Waals surface area contributed by atoms with Crippen LogP contribution < -0.4 is 10.4 Å². The topological polar surface area (TPSA) is 0 Å². The third-order valence-electron chi connectivity index (χ3n) is 5.76. The molecule has 0 saturated carbocycles. The highest BCUT2D eigenvalue weighted by molar-refractivity contribution is 7.06. The van der Waals surface area contributed by atoms with Gasteiger partial charge in [-0.2, -0.15) is 0 Å². The fourth-order valence-corrected chi connectivity index (χ4v) is 8.84. The Morgan fingerprint density at radius 1 is 0.920 bits per heavy atom. The van der Waals surface area contributed by atoms with Gasteiger partial charge in [-0.25, -0.2) is 0 Å². The molecule has 0 nitrogen and oxygen atoms in total. The summed E-state index contributed by atoms with van der Waals surface area (Å²) in [6, 6.07) is 20.7. The number of allylic oxidation sites excluding steroid dienone is 4. The van der Waals surface area contributed by atoms with E-state index < -0.39 is 8.07 Å². The van der Waals surface area contributed by atoms with E-state index >= 15 is 0 Å². The van der Waals surface area contributed by atoms with Crippen LogP contribution in [0.25, 0.3) is 0 Å². The molecule has 1 aliphatic carbocycles. The lowest BCUT2D eigenvalue weighted by Crippen LogP contribution is -2.58. The molecule has 0 spiro atoms. The molecule has 130 valence electrons. The Labute approximate surface area is 154 Å². The summed E-state index contributed by atoms with van der Waals surface area (Å²) >= 11 is 0. The van der Waals surface area contributed by atoms with Crippen molar-refractivity contribution >= 4 is 18.4 Å². The number of aryl methyl sites for hydroxylation is 1. The van der Waals surface area contributed by atoms with Crippen molar-refractivity contribution in [1.29, 1.82) is 0 Å². The van der Waals surface area contributed by atoms with E-state index in [1.54, 1.807) is 5.20 Å². The van der Waals surface area contributed by atoms with Crippen LogP contribution in [0.4, 0.5) is 0 Å². The largest absolute Gasteiger partial charge is 0.142 e. The van der Waals surface area contributed by atoms with Crippen molar-refractivity contribution in [1.82, 2.24) is 0 Å². The van der Waals surface area contributed by atoms with Gasteiger partial charge in [0.05, 0.1) is 0 Å². The summed E-state index contributed by atoms with van der Waals surface area (Å²) in [5, 5.41) is 4.71. The minimum Gasteiger partial charge on any atom is -0.0777 e. The number of rotatable bonds is 6. The molecule has 3 rings (SSSR count). The molecule has 0 N–H and O–H groups in total. The van der Waals surface area contributed by atoms with E-state index in [0.717, 1.165) is 0 Å². The summed E-state index contributed by atoms with van der Waals surface area (Å²) in [5.41, 5.74) is 2.94. The number of benzene rings is 2. The average Bonchev–Trinajstić information content (AvgIpc) is 2.99. The van der Waals surface area contributed by atoms with Crippen LogP contribution >= 0.6 is 0 Å². The molecule has 0 heterocycles. The molecule has 25 heavy (non-hydrogen) atoms. The summed E-state index contributed by atoms with van der Waals surface area (Å²) in [4.78, 5) is 0. The van der Waals surface area contributed by atoms with Crippen LogP contribution in [-0.2, 0) is 6.42 Å². The zero-order valence-corrected chi connectivity index (χ0v) is 17.0. The smallest absolute Gasteiger partial charge is 0.0777 e. The molecule has 0 radical (unpaired) electrons. The maximum atomic E-state index is 2.53. The first-order valence-corrected chi connectivity index (χ1v) is 12.1. The molecule has 0 aliphatic heterocycles. The summed E-state index contributed by atoms with van der Waals surface area (Å²) in [6.07, 6.45) is 8.42. The van der Waals surface area contributed by atoms with E-state index in [4.69, 9.17) is 0 Å². The first-order valence-electron chi connectivity index (χ1n) is 9.61. The van der Waals surface area contributed by atoms with Gasteiger partial charge >= 0.3 is 0 Å². The molecule has 0 amide bonds. The van der Waals surface area contributed by atoms with E-state index in [0.29, 0.717) is 5.92 Å². The second-order valence-electron chi connectivity index (χ2n) is 7.54. The Bertz CT molecular complexity index is 768. The Balaban J connectivity index is 2.08. The van der Waals surface area contributed by atoms with Gasteiger partial charge in [-0.05, 0) is 41.6 Å². The van der Waals surface area contributed by atoms with Gasteiger partial charge in [-0.1, -0.05) is 104 Å². The molecule has 2 aromatic carbocycles. The molecule has 0 saturated heterocycles. The average molecular weight is 347 g/mol. The van der Waals surface area contributed by atoms with E-state index in [-0.39, 0.29) is 0 Å². The third kappa shape index (κ3) is 3.43. The van der Waals surface area contributed by atoms with Crippen molar-refractivity contribution in [3.63, 3.8) is 0 Å².